The van der Waals surface area contributed by atoms with Crippen LogP contribution in [0.1, 0.15) is 17.7 Å². The first-order chi connectivity index (χ1) is 12.9. The monoisotopic (exact) mass is 386 g/mol. The van der Waals surface area contributed by atoms with Crippen molar-refractivity contribution in [2.45, 2.75) is 13.3 Å². The number of amides is 2. The molecular weight excluding hydrogens is 360 g/mol. The van der Waals surface area contributed by atoms with Crippen molar-refractivity contribution in [3.8, 4) is 0 Å². The molecule has 0 radical (unpaired) electrons. The van der Waals surface area contributed by atoms with Gasteiger partial charge in [0.1, 0.15) is 6.54 Å². The van der Waals surface area contributed by atoms with E-state index in [1.54, 1.807) is 11.0 Å². The molecule has 1 aromatic heterocycles. The number of nitrogens with one attached hydrogen (secondary N) is 1. The summed E-state index contributed by atoms with van der Waals surface area (Å²) in [5.41, 5.74) is 1.81. The summed E-state index contributed by atoms with van der Waals surface area (Å²) in [6.45, 7) is 3.24. The maximum Gasteiger partial charge on any atom is 0.247 e. The largest absolute Gasteiger partial charge is 0.330 e. The van der Waals surface area contributed by atoms with E-state index in [0.29, 0.717) is 11.7 Å². The average Bonchev–Trinajstić information content (AvgIpc) is 3.04. The molecule has 0 bridgehead atoms. The van der Waals surface area contributed by atoms with Gasteiger partial charge in [0.25, 0.3) is 0 Å². The maximum atomic E-state index is 12.6. The van der Waals surface area contributed by atoms with Crippen molar-refractivity contribution in [3.05, 3.63) is 53.0 Å². The fraction of sp³-hybridized carbons (Fsp3) is 0.350. The van der Waals surface area contributed by atoms with Crippen LogP contribution < -0.4 is 5.32 Å². The Morgan fingerprint density at radius 2 is 1.93 bits per heavy atom. The van der Waals surface area contributed by atoms with Crippen molar-refractivity contribution in [2.24, 2.45) is 0 Å². The summed E-state index contributed by atoms with van der Waals surface area (Å²) in [4.78, 5) is 32.8. The smallest absolute Gasteiger partial charge is 0.247 e. The van der Waals surface area contributed by atoms with Crippen molar-refractivity contribution < 1.29 is 9.59 Å². The molecule has 0 aliphatic rings. The number of thiazole rings is 1. The van der Waals surface area contributed by atoms with Crippen LogP contribution in [0.3, 0.4) is 0 Å². The second-order valence-corrected chi connectivity index (χ2v) is 7.36. The van der Waals surface area contributed by atoms with Crippen molar-refractivity contribution in [3.63, 3.8) is 0 Å². The molecule has 27 heavy (non-hydrogen) atoms. The summed E-state index contributed by atoms with van der Waals surface area (Å²) in [6.07, 6.45) is 4.08. The normalized spacial score (nSPS) is 11.1. The Labute approximate surface area is 164 Å². The molecule has 0 aliphatic heterocycles. The lowest BCUT2D eigenvalue weighted by Crippen LogP contribution is -2.38. The maximum absolute atomic E-state index is 12.6. The summed E-state index contributed by atoms with van der Waals surface area (Å²) in [7, 11) is 3.97. The van der Waals surface area contributed by atoms with Gasteiger partial charge in [-0.05, 0) is 45.6 Å². The van der Waals surface area contributed by atoms with Gasteiger partial charge >= 0.3 is 0 Å². The van der Waals surface area contributed by atoms with Crippen LogP contribution in [0.25, 0.3) is 6.08 Å². The third kappa shape index (κ3) is 7.72. The minimum Gasteiger partial charge on any atom is -0.330 e. The number of aromatic nitrogens is 1. The van der Waals surface area contributed by atoms with Crippen LogP contribution >= 0.6 is 11.3 Å². The number of carbonyl (C=O) groups excluding carboxylic acids is 2. The van der Waals surface area contributed by atoms with E-state index in [1.165, 1.54) is 17.4 Å². The molecule has 0 unspecified atom stereocenters. The minimum atomic E-state index is -0.240. The molecule has 0 aliphatic carbocycles. The molecule has 2 rings (SSSR count). The summed E-state index contributed by atoms with van der Waals surface area (Å²) in [5, 5.41) is 5.19. The quantitative estimate of drug-likeness (QED) is 0.673. The van der Waals surface area contributed by atoms with E-state index in [-0.39, 0.29) is 18.4 Å². The minimum absolute atomic E-state index is 0.00399. The molecule has 2 amide bonds. The Balaban J connectivity index is 1.99. The van der Waals surface area contributed by atoms with Crippen LogP contribution in [0.5, 0.6) is 0 Å². The number of nitrogens with zero attached hydrogens (tertiary/aromatic N) is 3. The molecule has 1 heterocycles. The van der Waals surface area contributed by atoms with Crippen LogP contribution in [-0.4, -0.2) is 60.3 Å². The molecule has 1 aromatic carbocycles. The number of aryl methyl sites for hydroxylation is 1. The Morgan fingerprint density at radius 3 is 2.56 bits per heavy atom. The van der Waals surface area contributed by atoms with Crippen LogP contribution in [0, 0.1) is 6.92 Å². The Kier molecular flexibility index (Phi) is 8.16. The highest BCUT2D eigenvalue weighted by Crippen LogP contribution is 2.14. The highest BCUT2D eigenvalue weighted by atomic mass is 32.1. The summed E-state index contributed by atoms with van der Waals surface area (Å²) < 4.78 is 0. The molecule has 2 aromatic rings. The molecule has 6 nitrogen and oxygen atoms in total. The zero-order valence-corrected chi connectivity index (χ0v) is 16.8. The van der Waals surface area contributed by atoms with Crippen LogP contribution in [0.15, 0.2) is 41.8 Å². The van der Waals surface area contributed by atoms with Gasteiger partial charge in [0.05, 0.1) is 5.69 Å². The topological polar surface area (TPSA) is 65.5 Å². The molecule has 0 spiro atoms. The first-order valence-electron chi connectivity index (χ1n) is 8.83. The first-order valence-corrected chi connectivity index (χ1v) is 9.71. The molecule has 0 atom stereocenters. The predicted octanol–water partition coefficient (Wildman–Crippen LogP) is 2.88. The van der Waals surface area contributed by atoms with Crippen LogP contribution in [0.2, 0.25) is 0 Å². The van der Waals surface area contributed by atoms with Crippen LogP contribution in [0.4, 0.5) is 5.13 Å². The van der Waals surface area contributed by atoms with E-state index in [1.807, 2.05) is 56.7 Å². The van der Waals surface area contributed by atoms with E-state index < -0.39 is 0 Å². The fourth-order valence-electron chi connectivity index (χ4n) is 2.43. The van der Waals surface area contributed by atoms with E-state index in [9.17, 15) is 9.59 Å². The molecule has 144 valence electrons. The molecule has 0 fully saturated rings. The number of carbonyl (C=O) groups is 2. The van der Waals surface area contributed by atoms with Gasteiger partial charge in [0, 0.05) is 18.0 Å². The van der Waals surface area contributed by atoms with Gasteiger partial charge in [-0.25, -0.2) is 4.98 Å². The van der Waals surface area contributed by atoms with Crippen molar-refractivity contribution in [2.75, 3.05) is 39.0 Å². The van der Waals surface area contributed by atoms with E-state index in [0.717, 1.165) is 24.2 Å². The number of benzene rings is 1. The van der Waals surface area contributed by atoms with Crippen molar-refractivity contribution in [1.82, 2.24) is 14.8 Å². The number of anilines is 1. The lowest BCUT2D eigenvalue weighted by molar-refractivity contribution is -0.130. The molecule has 7 heteroatoms. The van der Waals surface area contributed by atoms with E-state index in [4.69, 9.17) is 0 Å². The number of hydrogen-bond donors (Lipinski definition) is 1. The second-order valence-electron chi connectivity index (χ2n) is 6.50. The van der Waals surface area contributed by atoms with Gasteiger partial charge in [0.2, 0.25) is 11.8 Å². The summed E-state index contributed by atoms with van der Waals surface area (Å²) in [5.74, 6) is -0.418. The van der Waals surface area contributed by atoms with Crippen LogP contribution in [-0.2, 0) is 9.59 Å². The average molecular weight is 387 g/mol. The fourth-order valence-corrected chi connectivity index (χ4v) is 3.13. The molecule has 0 saturated heterocycles. The van der Waals surface area contributed by atoms with E-state index >= 15 is 0 Å². The third-order valence-corrected chi connectivity index (χ3v) is 4.64. The third-order valence-electron chi connectivity index (χ3n) is 3.76. The number of hydrogen-bond acceptors (Lipinski definition) is 5. The van der Waals surface area contributed by atoms with Gasteiger partial charge < -0.3 is 15.1 Å². The summed E-state index contributed by atoms with van der Waals surface area (Å²) in [6, 6.07) is 9.62. The Bertz CT molecular complexity index is 771. The molecular formula is C20H26N4O2S. The zero-order valence-electron chi connectivity index (χ0n) is 16.0. The van der Waals surface area contributed by atoms with Gasteiger partial charge in [0.15, 0.2) is 5.13 Å². The highest BCUT2D eigenvalue weighted by Gasteiger charge is 2.16. The van der Waals surface area contributed by atoms with Gasteiger partial charge in [-0.3, -0.25) is 9.59 Å². The zero-order chi connectivity index (χ0) is 19.6. The molecule has 1 N–H and O–H groups in total. The second kappa shape index (κ2) is 10.6. The standard InChI is InChI=1S/C20H26N4O2S/c1-16-15-27-20(21-16)22-18(25)14-24(13-7-12-23(2)3)19(26)11-10-17-8-5-4-6-9-17/h4-6,8-11,15H,7,12-14H2,1-3H3,(H,21,22,25). The predicted molar refractivity (Wildman–Crippen MR) is 111 cm³/mol. The Morgan fingerprint density at radius 1 is 1.19 bits per heavy atom. The first kappa shape index (κ1) is 20.8. The lowest BCUT2D eigenvalue weighted by atomic mass is 10.2. The van der Waals surface area contributed by atoms with Crippen molar-refractivity contribution >= 4 is 34.4 Å². The van der Waals surface area contributed by atoms with Gasteiger partial charge in [-0.1, -0.05) is 30.3 Å². The van der Waals surface area contributed by atoms with Gasteiger partial charge in [-0.15, -0.1) is 11.3 Å². The Hall–Kier alpha value is -2.51. The van der Waals surface area contributed by atoms with Gasteiger partial charge in [-0.2, -0.15) is 0 Å². The number of rotatable bonds is 9. The van der Waals surface area contributed by atoms with E-state index in [2.05, 4.69) is 15.2 Å². The summed E-state index contributed by atoms with van der Waals surface area (Å²) >= 11 is 1.38. The molecule has 0 saturated carbocycles. The highest BCUT2D eigenvalue weighted by molar-refractivity contribution is 7.13. The van der Waals surface area contributed by atoms with Crippen molar-refractivity contribution in [1.29, 1.82) is 0 Å². The SMILES string of the molecule is Cc1csc(NC(=O)CN(CCCN(C)C)C(=O)C=Cc2ccccc2)n1. The lowest BCUT2D eigenvalue weighted by Gasteiger charge is -2.21.